The van der Waals surface area contributed by atoms with Crippen molar-refractivity contribution < 1.29 is 9.47 Å². The topological polar surface area (TPSA) is 68.9 Å². The number of nitrogens with zero attached hydrogens (tertiary/aromatic N) is 1. The molecule has 0 fully saturated rings. The first kappa shape index (κ1) is 18.9. The quantitative estimate of drug-likeness (QED) is 0.575. The first-order valence-corrected chi connectivity index (χ1v) is 8.52. The molecule has 0 heterocycles. The van der Waals surface area contributed by atoms with E-state index in [0.717, 1.165) is 17.9 Å². The molecule has 0 aliphatic carbocycles. The molecular formula is C19H24ClN3O2. The molecule has 2 aromatic rings. The molecule has 2 rings (SSSR count). The number of aliphatic imine (C=N–C) groups is 1. The fraction of sp³-hybridized carbons (Fsp3) is 0.316. The standard InChI is InChI=1S/C19H24ClN3O2/c1-13(2)25-16-7-4-14(5-8-16)10-11-22-19(21)23-15-6-9-18(24-3)17(20)12-15/h4-9,12-13H,10-11H2,1-3H3,(H3,21,22,23). The summed E-state index contributed by atoms with van der Waals surface area (Å²) < 4.78 is 10.7. The molecule has 0 bridgehead atoms. The van der Waals surface area contributed by atoms with Gasteiger partial charge >= 0.3 is 0 Å². The van der Waals surface area contributed by atoms with Crippen LogP contribution in [0.1, 0.15) is 19.4 Å². The lowest BCUT2D eigenvalue weighted by Crippen LogP contribution is -2.23. The molecule has 0 atom stereocenters. The van der Waals surface area contributed by atoms with Gasteiger partial charge in [-0.1, -0.05) is 23.7 Å². The number of methoxy groups -OCH3 is 1. The normalized spacial score (nSPS) is 11.5. The molecule has 0 amide bonds. The summed E-state index contributed by atoms with van der Waals surface area (Å²) in [5, 5.41) is 3.54. The number of rotatable bonds is 7. The van der Waals surface area contributed by atoms with E-state index >= 15 is 0 Å². The Morgan fingerprint density at radius 3 is 2.52 bits per heavy atom. The minimum Gasteiger partial charge on any atom is -0.495 e. The summed E-state index contributed by atoms with van der Waals surface area (Å²) in [6.07, 6.45) is 0.973. The highest BCUT2D eigenvalue weighted by Gasteiger charge is 2.03. The number of nitrogens with one attached hydrogen (secondary N) is 1. The van der Waals surface area contributed by atoms with E-state index in [1.54, 1.807) is 19.2 Å². The number of ether oxygens (including phenoxy) is 2. The fourth-order valence-corrected chi connectivity index (χ4v) is 2.50. The largest absolute Gasteiger partial charge is 0.495 e. The van der Waals surface area contributed by atoms with Crippen molar-refractivity contribution in [2.24, 2.45) is 10.7 Å². The van der Waals surface area contributed by atoms with E-state index in [1.807, 2.05) is 44.2 Å². The minimum atomic E-state index is 0.174. The molecule has 134 valence electrons. The highest BCUT2D eigenvalue weighted by Crippen LogP contribution is 2.27. The predicted molar refractivity (Wildman–Crippen MR) is 104 cm³/mol. The number of halogens is 1. The van der Waals surface area contributed by atoms with Gasteiger partial charge < -0.3 is 20.5 Å². The Balaban J connectivity index is 1.85. The Labute approximate surface area is 153 Å². The lowest BCUT2D eigenvalue weighted by atomic mass is 10.1. The summed E-state index contributed by atoms with van der Waals surface area (Å²) in [6, 6.07) is 13.4. The Bertz CT molecular complexity index is 715. The predicted octanol–water partition coefficient (Wildman–Crippen LogP) is 4.11. The number of guanidine groups is 1. The minimum absolute atomic E-state index is 0.174. The van der Waals surface area contributed by atoms with E-state index < -0.39 is 0 Å². The average Bonchev–Trinajstić information content (AvgIpc) is 2.56. The van der Waals surface area contributed by atoms with Gasteiger partial charge in [0, 0.05) is 12.2 Å². The molecule has 0 aliphatic heterocycles. The van der Waals surface area contributed by atoms with Crippen LogP contribution in [0.3, 0.4) is 0 Å². The fourth-order valence-electron chi connectivity index (χ4n) is 2.24. The molecule has 25 heavy (non-hydrogen) atoms. The molecular weight excluding hydrogens is 338 g/mol. The van der Waals surface area contributed by atoms with Gasteiger partial charge in [0.15, 0.2) is 5.96 Å². The maximum atomic E-state index is 6.09. The van der Waals surface area contributed by atoms with Gasteiger partial charge in [0.1, 0.15) is 11.5 Å². The highest BCUT2D eigenvalue weighted by molar-refractivity contribution is 6.32. The summed E-state index contributed by atoms with van der Waals surface area (Å²) >= 11 is 6.09. The third kappa shape index (κ3) is 6.19. The Hall–Kier alpha value is -2.40. The van der Waals surface area contributed by atoms with Gasteiger partial charge in [-0.2, -0.15) is 0 Å². The van der Waals surface area contributed by atoms with Crippen LogP contribution in [0.25, 0.3) is 0 Å². The molecule has 0 saturated heterocycles. The van der Waals surface area contributed by atoms with Crippen LogP contribution in [-0.2, 0) is 6.42 Å². The molecule has 0 unspecified atom stereocenters. The van der Waals surface area contributed by atoms with Crippen LogP contribution in [-0.4, -0.2) is 25.7 Å². The second-order valence-electron chi connectivity index (χ2n) is 5.80. The van der Waals surface area contributed by atoms with Crippen LogP contribution in [0.15, 0.2) is 47.5 Å². The van der Waals surface area contributed by atoms with Gasteiger partial charge in [-0.15, -0.1) is 0 Å². The monoisotopic (exact) mass is 361 g/mol. The molecule has 0 aromatic heterocycles. The lowest BCUT2D eigenvalue weighted by Gasteiger charge is -2.10. The van der Waals surface area contributed by atoms with Crippen LogP contribution in [0.2, 0.25) is 5.02 Å². The molecule has 6 heteroatoms. The Morgan fingerprint density at radius 2 is 1.92 bits per heavy atom. The summed E-state index contributed by atoms with van der Waals surface area (Å²) in [5.41, 5.74) is 7.86. The zero-order valence-corrected chi connectivity index (χ0v) is 15.5. The molecule has 3 N–H and O–H groups in total. The molecule has 5 nitrogen and oxygen atoms in total. The van der Waals surface area contributed by atoms with Crippen molar-refractivity contribution >= 4 is 23.2 Å². The summed E-state index contributed by atoms with van der Waals surface area (Å²) in [7, 11) is 1.58. The third-order valence-electron chi connectivity index (χ3n) is 3.40. The smallest absolute Gasteiger partial charge is 0.193 e. The van der Waals surface area contributed by atoms with Gasteiger partial charge in [0.05, 0.1) is 18.2 Å². The zero-order valence-electron chi connectivity index (χ0n) is 14.8. The van der Waals surface area contributed by atoms with Crippen molar-refractivity contribution in [3.8, 4) is 11.5 Å². The van der Waals surface area contributed by atoms with Crippen LogP contribution in [0.5, 0.6) is 11.5 Å². The second kappa shape index (κ2) is 9.18. The molecule has 0 radical (unpaired) electrons. The van der Waals surface area contributed by atoms with Crippen LogP contribution in [0.4, 0.5) is 5.69 Å². The van der Waals surface area contributed by atoms with E-state index in [2.05, 4.69) is 10.3 Å². The maximum absolute atomic E-state index is 6.09. The number of hydrogen-bond acceptors (Lipinski definition) is 3. The number of benzene rings is 2. The van der Waals surface area contributed by atoms with Crippen molar-refractivity contribution in [3.63, 3.8) is 0 Å². The molecule has 2 aromatic carbocycles. The second-order valence-corrected chi connectivity index (χ2v) is 6.21. The van der Waals surface area contributed by atoms with Crippen molar-refractivity contribution in [2.75, 3.05) is 19.0 Å². The van der Waals surface area contributed by atoms with Crippen molar-refractivity contribution in [2.45, 2.75) is 26.4 Å². The van der Waals surface area contributed by atoms with Crippen LogP contribution < -0.4 is 20.5 Å². The van der Waals surface area contributed by atoms with Crippen LogP contribution >= 0.6 is 11.6 Å². The lowest BCUT2D eigenvalue weighted by molar-refractivity contribution is 0.242. The average molecular weight is 362 g/mol. The first-order valence-electron chi connectivity index (χ1n) is 8.14. The van der Waals surface area contributed by atoms with Gasteiger partial charge in [0.25, 0.3) is 0 Å². The van der Waals surface area contributed by atoms with E-state index in [1.165, 1.54) is 5.56 Å². The van der Waals surface area contributed by atoms with Crippen molar-refractivity contribution in [1.82, 2.24) is 0 Å². The van der Waals surface area contributed by atoms with Gasteiger partial charge in [-0.3, -0.25) is 4.99 Å². The maximum Gasteiger partial charge on any atom is 0.193 e. The van der Waals surface area contributed by atoms with Crippen LogP contribution in [0, 0.1) is 0 Å². The summed E-state index contributed by atoms with van der Waals surface area (Å²) in [5.74, 6) is 1.84. The SMILES string of the molecule is COc1ccc(NC(N)=NCCc2ccc(OC(C)C)cc2)cc1Cl. The summed E-state index contributed by atoms with van der Waals surface area (Å²) in [6.45, 7) is 4.61. The Morgan fingerprint density at radius 1 is 1.20 bits per heavy atom. The summed E-state index contributed by atoms with van der Waals surface area (Å²) in [4.78, 5) is 4.34. The number of hydrogen-bond donors (Lipinski definition) is 2. The number of nitrogens with two attached hydrogens (primary N) is 1. The zero-order chi connectivity index (χ0) is 18.2. The van der Waals surface area contributed by atoms with Gasteiger partial charge in [-0.25, -0.2) is 0 Å². The number of anilines is 1. The Kier molecular flexibility index (Phi) is 6.95. The van der Waals surface area contributed by atoms with E-state index in [9.17, 15) is 0 Å². The molecule has 0 spiro atoms. The first-order chi connectivity index (χ1) is 12.0. The van der Waals surface area contributed by atoms with E-state index in [-0.39, 0.29) is 6.10 Å². The van der Waals surface area contributed by atoms with Crippen molar-refractivity contribution in [1.29, 1.82) is 0 Å². The van der Waals surface area contributed by atoms with E-state index in [4.69, 9.17) is 26.8 Å². The highest BCUT2D eigenvalue weighted by atomic mass is 35.5. The van der Waals surface area contributed by atoms with Gasteiger partial charge in [0.2, 0.25) is 0 Å². The molecule has 0 saturated carbocycles. The van der Waals surface area contributed by atoms with Gasteiger partial charge in [-0.05, 0) is 56.2 Å². The van der Waals surface area contributed by atoms with E-state index in [0.29, 0.717) is 23.3 Å². The third-order valence-corrected chi connectivity index (χ3v) is 3.70. The molecule has 0 aliphatic rings. The van der Waals surface area contributed by atoms with Crippen molar-refractivity contribution in [3.05, 3.63) is 53.1 Å².